The Labute approximate surface area is 102 Å². The third-order valence-electron chi connectivity index (χ3n) is 2.82. The molecule has 0 N–H and O–H groups in total. The summed E-state index contributed by atoms with van der Waals surface area (Å²) in [4.78, 5) is 13.7. The molecule has 90 valence electrons. The second kappa shape index (κ2) is 5.15. The lowest BCUT2D eigenvalue weighted by atomic mass is 9.95. The van der Waals surface area contributed by atoms with Gasteiger partial charge in [0.15, 0.2) is 0 Å². The van der Waals surface area contributed by atoms with Crippen molar-refractivity contribution in [3.8, 4) is 0 Å². The van der Waals surface area contributed by atoms with Crippen molar-refractivity contribution in [2.24, 2.45) is 0 Å². The van der Waals surface area contributed by atoms with Crippen molar-refractivity contribution in [2.75, 3.05) is 20.2 Å². The van der Waals surface area contributed by atoms with Crippen molar-refractivity contribution < 1.29 is 9.53 Å². The van der Waals surface area contributed by atoms with Gasteiger partial charge in [-0.25, -0.2) is 4.79 Å². The van der Waals surface area contributed by atoms with E-state index in [1.54, 1.807) is 6.08 Å². The van der Waals surface area contributed by atoms with Gasteiger partial charge >= 0.3 is 5.97 Å². The summed E-state index contributed by atoms with van der Waals surface area (Å²) in [7, 11) is 2.05. The molecule has 1 aromatic carbocycles. The number of likely N-dealkylation sites (N-methyl/N-ethyl adjacent to an activating group) is 1. The van der Waals surface area contributed by atoms with Crippen LogP contribution in [0.2, 0.25) is 0 Å². The van der Waals surface area contributed by atoms with Crippen molar-refractivity contribution in [3.63, 3.8) is 0 Å². The molecule has 1 aliphatic rings. The van der Waals surface area contributed by atoms with E-state index in [-0.39, 0.29) is 5.97 Å². The number of fused-ring (bicyclic) bond motifs is 1. The number of benzene rings is 1. The van der Waals surface area contributed by atoms with Crippen molar-refractivity contribution in [1.82, 2.24) is 4.90 Å². The van der Waals surface area contributed by atoms with E-state index in [0.717, 1.165) is 18.7 Å². The Morgan fingerprint density at radius 2 is 2.18 bits per heavy atom. The van der Waals surface area contributed by atoms with Gasteiger partial charge in [0, 0.05) is 19.2 Å². The van der Waals surface area contributed by atoms with Crippen molar-refractivity contribution in [3.05, 3.63) is 41.5 Å². The molecule has 0 bridgehead atoms. The summed E-state index contributed by atoms with van der Waals surface area (Å²) in [6, 6.07) is 8.19. The van der Waals surface area contributed by atoms with Gasteiger partial charge in [0.1, 0.15) is 0 Å². The molecule has 0 spiro atoms. The van der Waals surface area contributed by atoms with Gasteiger partial charge in [-0.2, -0.15) is 0 Å². The first-order valence-corrected chi connectivity index (χ1v) is 5.85. The summed E-state index contributed by atoms with van der Waals surface area (Å²) in [5, 5.41) is 0. The average molecular weight is 231 g/mol. The van der Waals surface area contributed by atoms with Gasteiger partial charge in [0.05, 0.1) is 6.61 Å². The Balaban J connectivity index is 2.32. The maximum atomic E-state index is 11.5. The summed E-state index contributed by atoms with van der Waals surface area (Å²) in [5.41, 5.74) is 3.46. The maximum Gasteiger partial charge on any atom is 0.331 e. The third kappa shape index (κ3) is 2.74. The van der Waals surface area contributed by atoms with Crippen LogP contribution in [-0.4, -0.2) is 31.1 Å². The Bertz CT molecular complexity index is 451. The van der Waals surface area contributed by atoms with E-state index < -0.39 is 0 Å². The Hall–Kier alpha value is -1.61. The largest absolute Gasteiger partial charge is 0.463 e. The molecule has 0 aromatic heterocycles. The lowest BCUT2D eigenvalue weighted by Crippen LogP contribution is -2.26. The van der Waals surface area contributed by atoms with E-state index in [1.165, 1.54) is 11.1 Å². The number of nitrogens with zero attached hydrogens (tertiary/aromatic N) is 1. The number of carbonyl (C=O) groups excluding carboxylic acids is 1. The molecule has 0 saturated carbocycles. The standard InChI is InChI=1S/C14H17NO2/c1-3-17-14(16)8-12-10-15(2)9-11-6-4-5-7-13(11)12/h4-8H,3,9-10H2,1-2H3/b12-8+. The lowest BCUT2D eigenvalue weighted by molar-refractivity contribution is -0.137. The van der Waals surface area contributed by atoms with Crippen LogP contribution in [0, 0.1) is 0 Å². The molecular weight excluding hydrogens is 214 g/mol. The monoisotopic (exact) mass is 231 g/mol. The van der Waals surface area contributed by atoms with E-state index in [2.05, 4.69) is 24.1 Å². The van der Waals surface area contributed by atoms with Crippen LogP contribution in [0.25, 0.3) is 5.57 Å². The van der Waals surface area contributed by atoms with Crippen molar-refractivity contribution in [2.45, 2.75) is 13.5 Å². The lowest BCUT2D eigenvalue weighted by Gasteiger charge is -2.27. The first-order valence-electron chi connectivity index (χ1n) is 5.85. The van der Waals surface area contributed by atoms with Crippen LogP contribution in [0.3, 0.4) is 0 Å². The zero-order valence-corrected chi connectivity index (χ0v) is 10.3. The summed E-state index contributed by atoms with van der Waals surface area (Å²) >= 11 is 0. The minimum Gasteiger partial charge on any atom is -0.463 e. The van der Waals surface area contributed by atoms with Crippen LogP contribution in [-0.2, 0) is 16.1 Å². The molecule has 3 heteroatoms. The Morgan fingerprint density at radius 3 is 2.94 bits per heavy atom. The molecule has 2 rings (SSSR count). The highest BCUT2D eigenvalue weighted by Gasteiger charge is 2.18. The SMILES string of the molecule is CCOC(=O)/C=C1\CN(C)Cc2ccccc21. The summed E-state index contributed by atoms with van der Waals surface area (Å²) < 4.78 is 4.96. The number of hydrogen-bond donors (Lipinski definition) is 0. The molecule has 0 amide bonds. The predicted molar refractivity (Wildman–Crippen MR) is 67.4 cm³/mol. The average Bonchev–Trinajstić information content (AvgIpc) is 2.29. The first kappa shape index (κ1) is 11.9. The predicted octanol–water partition coefficient (Wildman–Crippen LogP) is 2.08. The van der Waals surface area contributed by atoms with Gasteiger partial charge in [-0.05, 0) is 30.7 Å². The molecule has 0 unspecified atom stereocenters. The van der Waals surface area contributed by atoms with Crippen molar-refractivity contribution >= 4 is 11.5 Å². The fourth-order valence-corrected chi connectivity index (χ4v) is 2.14. The zero-order valence-electron chi connectivity index (χ0n) is 10.3. The molecule has 17 heavy (non-hydrogen) atoms. The summed E-state index contributed by atoms with van der Waals surface area (Å²) in [6.45, 7) is 3.95. The molecule has 1 aromatic rings. The highest BCUT2D eigenvalue weighted by atomic mass is 16.5. The van der Waals surface area contributed by atoms with Crippen LogP contribution >= 0.6 is 0 Å². The number of ether oxygens (including phenoxy) is 1. The smallest absolute Gasteiger partial charge is 0.331 e. The third-order valence-corrected chi connectivity index (χ3v) is 2.82. The molecule has 0 fully saturated rings. The molecule has 0 radical (unpaired) electrons. The first-order chi connectivity index (χ1) is 8.20. The maximum absolute atomic E-state index is 11.5. The van der Waals surface area contributed by atoms with Gasteiger partial charge in [-0.1, -0.05) is 24.3 Å². The van der Waals surface area contributed by atoms with Gasteiger partial charge < -0.3 is 4.74 Å². The molecule has 3 nitrogen and oxygen atoms in total. The summed E-state index contributed by atoms with van der Waals surface area (Å²) in [6.07, 6.45) is 1.61. The molecular formula is C14H17NO2. The van der Waals surface area contributed by atoms with Crippen LogP contribution < -0.4 is 0 Å². The van der Waals surface area contributed by atoms with Gasteiger partial charge in [0.2, 0.25) is 0 Å². The van der Waals surface area contributed by atoms with E-state index in [4.69, 9.17) is 4.74 Å². The van der Waals surface area contributed by atoms with E-state index in [1.807, 2.05) is 19.1 Å². The molecule has 0 saturated heterocycles. The minimum atomic E-state index is -0.257. The number of esters is 1. The quantitative estimate of drug-likeness (QED) is 0.576. The highest BCUT2D eigenvalue weighted by molar-refractivity contribution is 5.92. The fraction of sp³-hybridized carbons (Fsp3) is 0.357. The Kier molecular flexibility index (Phi) is 3.59. The second-order valence-corrected chi connectivity index (χ2v) is 4.25. The van der Waals surface area contributed by atoms with Crippen LogP contribution in [0.1, 0.15) is 18.1 Å². The van der Waals surface area contributed by atoms with Gasteiger partial charge in [-0.3, -0.25) is 4.90 Å². The number of rotatable bonds is 2. The van der Waals surface area contributed by atoms with Crippen LogP contribution in [0.15, 0.2) is 30.3 Å². The van der Waals surface area contributed by atoms with E-state index >= 15 is 0 Å². The molecule has 0 atom stereocenters. The van der Waals surface area contributed by atoms with Crippen LogP contribution in [0.4, 0.5) is 0 Å². The fourth-order valence-electron chi connectivity index (χ4n) is 2.14. The molecule has 1 heterocycles. The second-order valence-electron chi connectivity index (χ2n) is 4.25. The van der Waals surface area contributed by atoms with Gasteiger partial charge in [-0.15, -0.1) is 0 Å². The van der Waals surface area contributed by atoms with Crippen LogP contribution in [0.5, 0.6) is 0 Å². The van der Waals surface area contributed by atoms with E-state index in [9.17, 15) is 4.79 Å². The molecule has 1 aliphatic heterocycles. The minimum absolute atomic E-state index is 0.257. The zero-order chi connectivity index (χ0) is 12.3. The number of hydrogen-bond acceptors (Lipinski definition) is 3. The number of carbonyl (C=O) groups is 1. The molecule has 0 aliphatic carbocycles. The van der Waals surface area contributed by atoms with Gasteiger partial charge in [0.25, 0.3) is 0 Å². The summed E-state index contributed by atoms with van der Waals surface area (Å²) in [5.74, 6) is -0.257. The topological polar surface area (TPSA) is 29.5 Å². The normalized spacial score (nSPS) is 17.9. The highest BCUT2D eigenvalue weighted by Crippen LogP contribution is 2.26. The van der Waals surface area contributed by atoms with Crippen molar-refractivity contribution in [1.29, 1.82) is 0 Å². The van der Waals surface area contributed by atoms with E-state index in [0.29, 0.717) is 6.61 Å². The Morgan fingerprint density at radius 1 is 1.41 bits per heavy atom.